The van der Waals surface area contributed by atoms with Gasteiger partial charge in [-0.15, -0.1) is 0 Å². The number of ether oxygens (including phenoxy) is 2. The maximum Gasteiger partial charge on any atom is 0.161 e. The van der Waals surface area contributed by atoms with Crippen molar-refractivity contribution in [2.45, 2.75) is 19.9 Å². The molecule has 2 aromatic rings. The van der Waals surface area contributed by atoms with E-state index in [-0.39, 0.29) is 0 Å². The van der Waals surface area contributed by atoms with Crippen LogP contribution in [0.15, 0.2) is 48.8 Å². The van der Waals surface area contributed by atoms with E-state index in [4.69, 9.17) is 9.47 Å². The minimum absolute atomic E-state index is 0.604. The minimum Gasteiger partial charge on any atom is -0.490 e. The van der Waals surface area contributed by atoms with E-state index in [2.05, 4.69) is 23.3 Å². The zero-order valence-electron chi connectivity index (χ0n) is 12.4. The molecule has 0 aliphatic heterocycles. The summed E-state index contributed by atoms with van der Waals surface area (Å²) in [6, 6.07) is 11.8. The third-order valence-electron chi connectivity index (χ3n) is 2.90. The predicted octanol–water partition coefficient (Wildman–Crippen LogP) is 3.04. The highest BCUT2D eigenvalue weighted by Gasteiger charge is 2.03. The first-order chi connectivity index (χ1) is 10.4. The van der Waals surface area contributed by atoms with Crippen molar-refractivity contribution in [1.29, 1.82) is 0 Å². The summed E-state index contributed by atoms with van der Waals surface area (Å²) in [4.78, 5) is 4.08. The molecule has 1 heterocycles. The Kier molecular flexibility index (Phi) is 6.55. The molecule has 1 aromatic carbocycles. The lowest BCUT2D eigenvalue weighted by Crippen LogP contribution is -2.20. The highest BCUT2D eigenvalue weighted by atomic mass is 16.5. The SMILES string of the molecule is CCCOc1ccccc1OCCNCc1cccnc1. The zero-order chi connectivity index (χ0) is 14.8. The molecule has 0 aliphatic rings. The molecule has 0 saturated carbocycles. The van der Waals surface area contributed by atoms with E-state index in [0.717, 1.165) is 31.0 Å². The van der Waals surface area contributed by atoms with Crippen molar-refractivity contribution in [3.05, 3.63) is 54.4 Å². The van der Waals surface area contributed by atoms with Gasteiger partial charge in [0.25, 0.3) is 0 Å². The molecule has 112 valence electrons. The Balaban J connectivity index is 1.71. The van der Waals surface area contributed by atoms with E-state index in [9.17, 15) is 0 Å². The van der Waals surface area contributed by atoms with Crippen molar-refractivity contribution in [1.82, 2.24) is 10.3 Å². The minimum atomic E-state index is 0.604. The van der Waals surface area contributed by atoms with Gasteiger partial charge in [-0.3, -0.25) is 4.98 Å². The zero-order valence-corrected chi connectivity index (χ0v) is 12.4. The number of para-hydroxylation sites is 2. The molecule has 2 rings (SSSR count). The summed E-state index contributed by atoms with van der Waals surface area (Å²) < 4.78 is 11.4. The van der Waals surface area contributed by atoms with Gasteiger partial charge >= 0.3 is 0 Å². The molecule has 0 amide bonds. The van der Waals surface area contributed by atoms with Gasteiger partial charge < -0.3 is 14.8 Å². The van der Waals surface area contributed by atoms with Gasteiger partial charge in [0.05, 0.1) is 6.61 Å². The number of hydrogen-bond donors (Lipinski definition) is 1. The number of hydrogen-bond acceptors (Lipinski definition) is 4. The summed E-state index contributed by atoms with van der Waals surface area (Å²) in [6.45, 7) is 4.97. The highest BCUT2D eigenvalue weighted by molar-refractivity contribution is 5.39. The maximum atomic E-state index is 5.77. The van der Waals surface area contributed by atoms with Gasteiger partial charge in [0, 0.05) is 25.5 Å². The number of nitrogens with zero attached hydrogens (tertiary/aromatic N) is 1. The maximum absolute atomic E-state index is 5.77. The molecule has 0 aliphatic carbocycles. The first kappa shape index (κ1) is 15.3. The molecule has 1 aromatic heterocycles. The van der Waals surface area contributed by atoms with Crippen molar-refractivity contribution >= 4 is 0 Å². The Morgan fingerprint density at radius 3 is 2.43 bits per heavy atom. The Labute approximate surface area is 126 Å². The molecular weight excluding hydrogens is 264 g/mol. The molecule has 0 saturated heterocycles. The summed E-state index contributed by atoms with van der Waals surface area (Å²) in [6.07, 6.45) is 4.63. The second kappa shape index (κ2) is 8.97. The second-order valence-electron chi connectivity index (χ2n) is 4.68. The van der Waals surface area contributed by atoms with Crippen LogP contribution < -0.4 is 14.8 Å². The van der Waals surface area contributed by atoms with Crippen molar-refractivity contribution < 1.29 is 9.47 Å². The van der Waals surface area contributed by atoms with E-state index in [1.54, 1.807) is 6.20 Å². The van der Waals surface area contributed by atoms with Crippen LogP contribution in [0.2, 0.25) is 0 Å². The Morgan fingerprint density at radius 2 is 1.76 bits per heavy atom. The molecule has 0 atom stereocenters. The number of nitrogens with one attached hydrogen (secondary N) is 1. The van der Waals surface area contributed by atoms with Crippen molar-refractivity contribution in [2.24, 2.45) is 0 Å². The normalized spacial score (nSPS) is 10.3. The van der Waals surface area contributed by atoms with Crippen LogP contribution in [-0.4, -0.2) is 24.7 Å². The average molecular weight is 286 g/mol. The van der Waals surface area contributed by atoms with Crippen LogP contribution >= 0.6 is 0 Å². The van der Waals surface area contributed by atoms with Crippen LogP contribution in [0.4, 0.5) is 0 Å². The van der Waals surface area contributed by atoms with Crippen LogP contribution in [0.25, 0.3) is 0 Å². The van der Waals surface area contributed by atoms with Crippen molar-refractivity contribution in [2.75, 3.05) is 19.8 Å². The third kappa shape index (κ3) is 5.44. The van der Waals surface area contributed by atoms with E-state index in [0.29, 0.717) is 13.2 Å². The Bertz CT molecular complexity index is 517. The quantitative estimate of drug-likeness (QED) is 0.720. The standard InChI is InChI=1S/C17H22N2O2/c1-2-11-20-16-7-3-4-8-17(16)21-12-10-19-14-15-6-5-9-18-13-15/h3-9,13,19H,2,10-12,14H2,1H3. The topological polar surface area (TPSA) is 43.4 Å². The fourth-order valence-corrected chi connectivity index (χ4v) is 1.87. The molecular formula is C17H22N2O2. The summed E-state index contributed by atoms with van der Waals surface area (Å²) in [5.41, 5.74) is 1.17. The lowest BCUT2D eigenvalue weighted by molar-refractivity contribution is 0.267. The number of pyridine rings is 1. The van der Waals surface area contributed by atoms with Gasteiger partial charge in [-0.1, -0.05) is 25.1 Å². The fraction of sp³-hybridized carbons (Fsp3) is 0.353. The predicted molar refractivity (Wildman–Crippen MR) is 83.7 cm³/mol. The lowest BCUT2D eigenvalue weighted by atomic mass is 10.3. The Morgan fingerprint density at radius 1 is 1.00 bits per heavy atom. The largest absolute Gasteiger partial charge is 0.490 e. The summed E-state index contributed by atoms with van der Waals surface area (Å²) >= 11 is 0. The van der Waals surface area contributed by atoms with Gasteiger partial charge in [-0.05, 0) is 30.2 Å². The van der Waals surface area contributed by atoms with Crippen LogP contribution in [0.1, 0.15) is 18.9 Å². The smallest absolute Gasteiger partial charge is 0.161 e. The molecule has 4 nitrogen and oxygen atoms in total. The average Bonchev–Trinajstić information content (AvgIpc) is 2.54. The summed E-state index contributed by atoms with van der Waals surface area (Å²) in [7, 11) is 0. The monoisotopic (exact) mass is 286 g/mol. The summed E-state index contributed by atoms with van der Waals surface area (Å²) in [5.74, 6) is 1.61. The van der Waals surface area contributed by atoms with Crippen LogP contribution in [-0.2, 0) is 6.54 Å². The van der Waals surface area contributed by atoms with Gasteiger partial charge in [0.2, 0.25) is 0 Å². The Hall–Kier alpha value is -2.07. The first-order valence-electron chi connectivity index (χ1n) is 7.34. The van der Waals surface area contributed by atoms with Crippen molar-refractivity contribution in [3.8, 4) is 11.5 Å². The fourth-order valence-electron chi connectivity index (χ4n) is 1.87. The molecule has 0 bridgehead atoms. The van der Waals surface area contributed by atoms with Gasteiger partial charge in [-0.2, -0.15) is 0 Å². The van der Waals surface area contributed by atoms with E-state index >= 15 is 0 Å². The van der Waals surface area contributed by atoms with Crippen LogP contribution in [0.3, 0.4) is 0 Å². The molecule has 0 radical (unpaired) electrons. The first-order valence-corrected chi connectivity index (χ1v) is 7.34. The van der Waals surface area contributed by atoms with Crippen molar-refractivity contribution in [3.63, 3.8) is 0 Å². The molecule has 21 heavy (non-hydrogen) atoms. The summed E-state index contributed by atoms with van der Waals surface area (Å²) in [5, 5.41) is 3.33. The molecule has 0 unspecified atom stereocenters. The van der Waals surface area contributed by atoms with Gasteiger partial charge in [-0.25, -0.2) is 0 Å². The molecule has 1 N–H and O–H groups in total. The lowest BCUT2D eigenvalue weighted by Gasteiger charge is -2.12. The molecule has 0 fully saturated rings. The number of rotatable bonds is 9. The van der Waals surface area contributed by atoms with E-state index < -0.39 is 0 Å². The van der Waals surface area contributed by atoms with Gasteiger partial charge in [0.15, 0.2) is 11.5 Å². The number of aromatic nitrogens is 1. The number of benzene rings is 1. The van der Waals surface area contributed by atoms with Crippen LogP contribution in [0.5, 0.6) is 11.5 Å². The van der Waals surface area contributed by atoms with E-state index in [1.807, 2.05) is 36.5 Å². The molecule has 4 heteroatoms. The van der Waals surface area contributed by atoms with Crippen LogP contribution in [0, 0.1) is 0 Å². The highest BCUT2D eigenvalue weighted by Crippen LogP contribution is 2.26. The van der Waals surface area contributed by atoms with Gasteiger partial charge in [0.1, 0.15) is 6.61 Å². The third-order valence-corrected chi connectivity index (χ3v) is 2.90. The second-order valence-corrected chi connectivity index (χ2v) is 4.68. The molecule has 0 spiro atoms. The van der Waals surface area contributed by atoms with E-state index in [1.165, 1.54) is 5.56 Å².